The van der Waals surface area contributed by atoms with E-state index in [0.717, 1.165) is 11.3 Å². The average Bonchev–Trinajstić information content (AvgIpc) is 3.05. The van der Waals surface area contributed by atoms with E-state index >= 15 is 0 Å². The second-order valence-electron chi connectivity index (χ2n) is 10.9. The van der Waals surface area contributed by atoms with Crippen LogP contribution in [0, 0.1) is 6.07 Å². The van der Waals surface area contributed by atoms with Crippen LogP contribution in [0.1, 0.15) is 51.3 Å². The van der Waals surface area contributed by atoms with Gasteiger partial charge in [-0.25, -0.2) is 0 Å². The van der Waals surface area contributed by atoms with E-state index in [9.17, 15) is 0 Å². The minimum Gasteiger partial charge on any atom is -0.304 e. The normalized spacial score (nSPS) is 14.0. The average molecular weight is 619 g/mol. The summed E-state index contributed by atoms with van der Waals surface area (Å²) in [5.41, 5.74) is 8.77. The Bertz CT molecular complexity index is 1570. The minimum atomic E-state index is -0.131. The Kier molecular flexibility index (Phi) is 5.32. The van der Waals surface area contributed by atoms with Crippen molar-refractivity contribution in [3.8, 4) is 22.4 Å². The first kappa shape index (κ1) is 23.0. The van der Waals surface area contributed by atoms with Crippen molar-refractivity contribution in [2.45, 2.75) is 45.4 Å². The molecule has 0 amide bonds. The molecular weight excluding hydrogens is 591 g/mol. The predicted molar refractivity (Wildman–Crippen MR) is 140 cm³/mol. The topological polar surface area (TPSA) is 12.9 Å². The molecule has 5 aromatic rings. The fraction of sp³-hybridized carbons (Fsp3) is 0.219. The van der Waals surface area contributed by atoms with Crippen LogP contribution in [0.25, 0.3) is 43.9 Å². The molecule has 0 saturated heterocycles. The maximum atomic E-state index is 4.93. The number of benzene rings is 4. The van der Waals surface area contributed by atoms with Crippen LogP contribution in [0.15, 0.2) is 79.0 Å². The number of nitrogens with zero attached hydrogens (tertiary/aromatic N) is 1. The molecule has 1 aromatic heterocycles. The van der Waals surface area contributed by atoms with E-state index in [1.165, 1.54) is 49.4 Å². The zero-order valence-corrected chi connectivity index (χ0v) is 22.7. The number of hydrogen-bond donors (Lipinski definition) is 0. The summed E-state index contributed by atoms with van der Waals surface area (Å²) in [6.45, 7) is 11.5. The van der Waals surface area contributed by atoms with Crippen molar-refractivity contribution in [1.82, 2.24) is 4.98 Å². The van der Waals surface area contributed by atoms with Gasteiger partial charge in [0, 0.05) is 31.7 Å². The van der Waals surface area contributed by atoms with E-state index in [1.54, 1.807) is 0 Å². The van der Waals surface area contributed by atoms with Crippen LogP contribution >= 0.6 is 0 Å². The van der Waals surface area contributed by atoms with E-state index in [2.05, 4.69) is 113 Å². The van der Waals surface area contributed by atoms with Gasteiger partial charge in [-0.2, -0.15) is 0 Å². The van der Waals surface area contributed by atoms with Crippen molar-refractivity contribution in [3.05, 3.63) is 102 Å². The van der Waals surface area contributed by atoms with Gasteiger partial charge in [0.2, 0.25) is 0 Å². The van der Waals surface area contributed by atoms with Gasteiger partial charge in [-0.3, -0.25) is 0 Å². The monoisotopic (exact) mass is 619 g/mol. The molecule has 0 spiro atoms. The minimum absolute atomic E-state index is 0. The van der Waals surface area contributed by atoms with Crippen LogP contribution in [-0.4, -0.2) is 4.98 Å². The zero-order valence-electron chi connectivity index (χ0n) is 20.3. The summed E-state index contributed by atoms with van der Waals surface area (Å²) in [4.78, 5) is 4.93. The molecule has 171 valence electrons. The molecule has 0 saturated carbocycles. The Labute approximate surface area is 215 Å². The van der Waals surface area contributed by atoms with E-state index in [1.807, 2.05) is 6.20 Å². The molecule has 0 N–H and O–H groups in total. The largest absolute Gasteiger partial charge is 0.304 e. The number of rotatable bonds is 1. The Morgan fingerprint density at radius 2 is 1.59 bits per heavy atom. The first-order chi connectivity index (χ1) is 15.7. The molecule has 34 heavy (non-hydrogen) atoms. The predicted octanol–water partition coefficient (Wildman–Crippen LogP) is 8.46. The third kappa shape index (κ3) is 3.35. The molecular formula is C32H28IrN-. The summed E-state index contributed by atoms with van der Waals surface area (Å²) in [5, 5.41) is 5.06. The summed E-state index contributed by atoms with van der Waals surface area (Å²) in [6, 6.07) is 30.2. The van der Waals surface area contributed by atoms with Crippen LogP contribution in [-0.2, 0) is 30.9 Å². The second kappa shape index (κ2) is 7.87. The quantitative estimate of drug-likeness (QED) is 0.172. The van der Waals surface area contributed by atoms with Gasteiger partial charge in [0.05, 0.1) is 0 Å². The van der Waals surface area contributed by atoms with Gasteiger partial charge in [-0.15, -0.1) is 29.1 Å². The maximum Gasteiger partial charge on any atom is 0.0167 e. The smallest absolute Gasteiger partial charge is 0.0167 e. The van der Waals surface area contributed by atoms with Gasteiger partial charge in [0.25, 0.3) is 0 Å². The molecule has 0 aliphatic heterocycles. The van der Waals surface area contributed by atoms with E-state index in [0.29, 0.717) is 0 Å². The standard InChI is InChI=1S/C32H28N.Ir/c1-31(2,3)24-14-12-20-10-11-22(18-23(20)19-24)30-29-26(16-17-33-30)28-25-9-7-6-8-21(25)13-15-27(28)32(29,4)5;/h6-10,12-19H,1-5H3;/q-1;. The molecule has 0 fully saturated rings. The van der Waals surface area contributed by atoms with Crippen LogP contribution in [0.3, 0.4) is 0 Å². The van der Waals surface area contributed by atoms with Crippen LogP contribution < -0.4 is 0 Å². The van der Waals surface area contributed by atoms with Gasteiger partial charge in [-0.05, 0) is 55.8 Å². The molecule has 1 aliphatic carbocycles. The fourth-order valence-corrected chi connectivity index (χ4v) is 5.51. The summed E-state index contributed by atoms with van der Waals surface area (Å²) >= 11 is 0. The second-order valence-corrected chi connectivity index (χ2v) is 10.9. The van der Waals surface area contributed by atoms with Crippen LogP contribution in [0.5, 0.6) is 0 Å². The number of hydrogen-bond acceptors (Lipinski definition) is 1. The Morgan fingerprint density at radius 3 is 2.38 bits per heavy atom. The van der Waals surface area contributed by atoms with Gasteiger partial charge >= 0.3 is 0 Å². The van der Waals surface area contributed by atoms with Crippen molar-refractivity contribution < 1.29 is 20.1 Å². The summed E-state index contributed by atoms with van der Waals surface area (Å²) in [7, 11) is 0. The first-order valence-corrected chi connectivity index (χ1v) is 11.7. The Morgan fingerprint density at radius 1 is 0.824 bits per heavy atom. The summed E-state index contributed by atoms with van der Waals surface area (Å²) in [6.07, 6.45) is 1.96. The molecule has 1 aliphatic rings. The number of pyridine rings is 1. The molecule has 0 bridgehead atoms. The third-order valence-electron chi connectivity index (χ3n) is 7.34. The van der Waals surface area contributed by atoms with Gasteiger partial charge < -0.3 is 4.98 Å². The van der Waals surface area contributed by atoms with E-state index in [4.69, 9.17) is 4.98 Å². The van der Waals surface area contributed by atoms with Gasteiger partial charge in [0.15, 0.2) is 0 Å². The van der Waals surface area contributed by atoms with Crippen LogP contribution in [0.2, 0.25) is 0 Å². The first-order valence-electron chi connectivity index (χ1n) is 11.7. The van der Waals surface area contributed by atoms with Crippen molar-refractivity contribution in [1.29, 1.82) is 0 Å². The molecule has 6 rings (SSSR count). The van der Waals surface area contributed by atoms with Crippen molar-refractivity contribution in [3.63, 3.8) is 0 Å². The molecule has 1 heterocycles. The number of aromatic nitrogens is 1. The summed E-state index contributed by atoms with van der Waals surface area (Å²) < 4.78 is 0. The summed E-state index contributed by atoms with van der Waals surface area (Å²) in [5.74, 6) is 0. The third-order valence-corrected chi connectivity index (χ3v) is 7.34. The van der Waals surface area contributed by atoms with Crippen LogP contribution in [0.4, 0.5) is 0 Å². The Hall–Kier alpha value is -2.80. The fourth-order valence-electron chi connectivity index (χ4n) is 5.51. The zero-order chi connectivity index (χ0) is 23.0. The van der Waals surface area contributed by atoms with E-state index < -0.39 is 0 Å². The Balaban J connectivity index is 0.00000241. The van der Waals surface area contributed by atoms with E-state index in [-0.39, 0.29) is 30.9 Å². The molecule has 1 radical (unpaired) electrons. The van der Waals surface area contributed by atoms with Crippen molar-refractivity contribution in [2.75, 3.05) is 0 Å². The SMILES string of the molecule is CC(C)(C)c1ccc2c[c-]c(-c3nccc4c3C(C)(C)c3ccc5ccccc5c3-4)cc2c1.[Ir]. The molecule has 0 unspecified atom stereocenters. The molecule has 1 nitrogen and oxygen atoms in total. The van der Waals surface area contributed by atoms with Gasteiger partial charge in [0.1, 0.15) is 0 Å². The number of fused-ring (bicyclic) bond motifs is 6. The van der Waals surface area contributed by atoms with Crippen molar-refractivity contribution >= 4 is 21.5 Å². The van der Waals surface area contributed by atoms with Crippen molar-refractivity contribution in [2.24, 2.45) is 0 Å². The molecule has 4 aromatic carbocycles. The maximum absolute atomic E-state index is 4.93. The molecule has 2 heteroatoms. The molecule has 0 atom stereocenters. The van der Waals surface area contributed by atoms with Gasteiger partial charge in [-0.1, -0.05) is 94.6 Å².